The fraction of sp³-hybridized carbons (Fsp3) is 0.302. The van der Waals surface area contributed by atoms with Crippen LogP contribution in [0, 0.1) is 20.2 Å². The Bertz CT molecular complexity index is 3270. The highest BCUT2D eigenvalue weighted by molar-refractivity contribution is 6.09. The molecule has 0 saturated heterocycles. The van der Waals surface area contributed by atoms with Crippen molar-refractivity contribution < 1.29 is 9.30 Å². The van der Waals surface area contributed by atoms with Gasteiger partial charge in [-0.1, -0.05) is 156 Å². The molecule has 9 rings (SSSR count). The molecule has 0 saturated carbocycles. The van der Waals surface area contributed by atoms with E-state index >= 15 is 0 Å². The number of para-hydroxylation sites is 1. The molecule has 0 spiro atoms. The van der Waals surface area contributed by atoms with Crippen LogP contribution in [-0.4, -0.2) is 14.1 Å². The number of nitrogens with zero attached hydrogens (tertiary/aromatic N) is 4. The Morgan fingerprint density at radius 3 is 1.84 bits per heavy atom. The van der Waals surface area contributed by atoms with Gasteiger partial charge in [0, 0.05) is 28.5 Å². The second-order valence-electron chi connectivity index (χ2n) is 22.1. The Kier molecular flexibility index (Phi) is 11.9. The van der Waals surface area contributed by atoms with E-state index in [0.717, 1.165) is 62.1 Å². The summed E-state index contributed by atoms with van der Waals surface area (Å²) in [5.74, 6) is 3.02. The lowest BCUT2D eigenvalue weighted by Crippen LogP contribution is -2.33. The van der Waals surface area contributed by atoms with Gasteiger partial charge in [-0.2, -0.15) is 0 Å². The summed E-state index contributed by atoms with van der Waals surface area (Å²) < 4.78 is 13.9. The lowest BCUT2D eigenvalue weighted by Gasteiger charge is -2.26. The van der Waals surface area contributed by atoms with E-state index in [1.54, 1.807) is 0 Å². The van der Waals surface area contributed by atoms with Gasteiger partial charge in [0.25, 0.3) is 6.33 Å². The zero-order valence-corrected chi connectivity index (χ0v) is 42.7. The van der Waals surface area contributed by atoms with Crippen LogP contribution in [0.25, 0.3) is 50.1 Å². The Morgan fingerprint density at radius 1 is 0.559 bits per heavy atom. The van der Waals surface area contributed by atoms with Crippen LogP contribution in [-0.2, 0) is 16.2 Å². The molecule has 0 radical (unpaired) electrons. The average Bonchev–Trinajstić information content (AvgIpc) is 3.80. The van der Waals surface area contributed by atoms with Crippen molar-refractivity contribution in [3.63, 3.8) is 0 Å². The van der Waals surface area contributed by atoms with Crippen molar-refractivity contribution in [1.82, 2.24) is 14.1 Å². The molecule has 6 aromatic carbocycles. The summed E-state index contributed by atoms with van der Waals surface area (Å²) in [7, 11) is 0. The van der Waals surface area contributed by atoms with E-state index in [1.807, 2.05) is 6.20 Å². The van der Waals surface area contributed by atoms with E-state index in [-0.39, 0.29) is 16.2 Å². The Morgan fingerprint density at radius 2 is 1.19 bits per heavy atom. The predicted molar refractivity (Wildman–Crippen MR) is 284 cm³/mol. The molecule has 5 nitrogen and oxygen atoms in total. The Hall–Kier alpha value is -6.72. The van der Waals surface area contributed by atoms with Crippen LogP contribution in [0.3, 0.4) is 0 Å². The summed E-state index contributed by atoms with van der Waals surface area (Å²) >= 11 is 0. The normalized spacial score (nSPS) is 12.5. The summed E-state index contributed by atoms with van der Waals surface area (Å²) in [5, 5.41) is 2.32. The molecule has 5 heteroatoms. The maximum atomic E-state index is 7.13. The van der Waals surface area contributed by atoms with Gasteiger partial charge in [0.05, 0.1) is 33.8 Å². The SMILES string of the molecule is Cc1c(C)[n+](-c2cc(C(C)(C)C)cc(C(C)(C)C)c2)[c-]n1-c1cc(Oc2ccc3c4ccccc4n(-c4cc(C(C)(C)c5ccccc5)ccn4)c3c2)cc(-c2c(C(C)C)cccc2C(C)C)c1. The first-order valence-electron chi connectivity index (χ1n) is 24.4. The Balaban J connectivity index is 1.22. The standard InChI is InChI=1S/C63H68N4O/c1-40(2)53-24-20-25-54(41(3)4)60(53)44-31-49(65-39-66(43(6)42(65)5)50-34-47(61(7,8)9)33-48(35-50)62(10,11)12)37-52(32-44)68-51-27-28-56-55-23-18-19-26-57(55)67(58(56)38-51)59-36-46(29-30-64-59)63(13,14)45-21-16-15-17-22-45/h15-38,40-41H,1-14H3. The number of ether oxygens (including phenoxy) is 1. The smallest absolute Gasteiger partial charge is 0.269 e. The minimum absolute atomic E-state index is 0.0161. The highest BCUT2D eigenvalue weighted by Gasteiger charge is 2.26. The van der Waals surface area contributed by atoms with E-state index in [9.17, 15) is 0 Å². The van der Waals surface area contributed by atoms with Crippen molar-refractivity contribution in [2.45, 2.75) is 125 Å². The molecule has 0 bridgehead atoms. The monoisotopic (exact) mass is 897 g/mol. The third kappa shape index (κ3) is 8.57. The molecule has 0 aliphatic carbocycles. The van der Waals surface area contributed by atoms with Crippen LogP contribution in [0.4, 0.5) is 0 Å². The van der Waals surface area contributed by atoms with Crippen molar-refractivity contribution in [3.8, 4) is 39.8 Å². The van der Waals surface area contributed by atoms with Crippen LogP contribution < -0.4 is 9.30 Å². The number of rotatable bonds is 10. The third-order valence-electron chi connectivity index (χ3n) is 14.2. The van der Waals surface area contributed by atoms with Gasteiger partial charge in [0.1, 0.15) is 17.3 Å². The summed E-state index contributed by atoms with van der Waals surface area (Å²) in [6.45, 7) is 31.9. The third-order valence-corrected chi connectivity index (χ3v) is 14.2. The highest BCUT2D eigenvalue weighted by Crippen LogP contribution is 2.42. The topological polar surface area (TPSA) is 35.9 Å². The predicted octanol–water partition coefficient (Wildman–Crippen LogP) is 16.3. The maximum Gasteiger partial charge on any atom is 0.269 e. The first-order valence-corrected chi connectivity index (χ1v) is 24.4. The van der Waals surface area contributed by atoms with Gasteiger partial charge in [-0.05, 0) is 142 Å². The zero-order chi connectivity index (χ0) is 48.4. The molecular weight excluding hydrogens is 829 g/mol. The van der Waals surface area contributed by atoms with E-state index in [4.69, 9.17) is 9.72 Å². The summed E-state index contributed by atoms with van der Waals surface area (Å²) in [6.07, 6.45) is 5.79. The molecule has 0 atom stereocenters. The molecule has 0 aliphatic heterocycles. The van der Waals surface area contributed by atoms with Gasteiger partial charge in [0.2, 0.25) is 0 Å². The lowest BCUT2D eigenvalue weighted by atomic mass is 9.78. The van der Waals surface area contributed by atoms with Crippen molar-refractivity contribution >= 4 is 21.8 Å². The summed E-state index contributed by atoms with van der Waals surface area (Å²) in [6, 6.07) is 50.8. The van der Waals surface area contributed by atoms with Crippen molar-refractivity contribution in [1.29, 1.82) is 0 Å². The second kappa shape index (κ2) is 17.4. The molecular formula is C63H68N4O. The number of imidazole rings is 1. The number of benzene rings is 6. The lowest BCUT2D eigenvalue weighted by molar-refractivity contribution is -0.606. The van der Waals surface area contributed by atoms with Crippen LogP contribution in [0.2, 0.25) is 0 Å². The van der Waals surface area contributed by atoms with Crippen LogP contribution in [0.15, 0.2) is 146 Å². The fourth-order valence-electron chi connectivity index (χ4n) is 9.83. The minimum Gasteiger partial charge on any atom is -0.458 e. The molecule has 0 unspecified atom stereocenters. The van der Waals surface area contributed by atoms with Crippen molar-refractivity contribution in [2.75, 3.05) is 0 Å². The molecule has 3 heterocycles. The first kappa shape index (κ1) is 46.4. The number of hydrogen-bond acceptors (Lipinski definition) is 2. The summed E-state index contributed by atoms with van der Waals surface area (Å²) in [5.41, 5.74) is 16.4. The van der Waals surface area contributed by atoms with Gasteiger partial charge >= 0.3 is 0 Å². The second-order valence-corrected chi connectivity index (χ2v) is 22.1. The molecule has 68 heavy (non-hydrogen) atoms. The van der Waals surface area contributed by atoms with E-state index in [1.165, 1.54) is 44.3 Å². The zero-order valence-electron chi connectivity index (χ0n) is 42.7. The van der Waals surface area contributed by atoms with Crippen LogP contribution in [0.1, 0.15) is 140 Å². The molecule has 346 valence electrons. The molecule has 0 N–H and O–H groups in total. The maximum absolute atomic E-state index is 7.13. The quantitative estimate of drug-likeness (QED) is 0.101. The van der Waals surface area contributed by atoms with Gasteiger partial charge in [-0.25, -0.2) is 4.98 Å². The van der Waals surface area contributed by atoms with Crippen molar-refractivity contribution in [3.05, 3.63) is 197 Å². The number of pyridine rings is 1. The fourth-order valence-corrected chi connectivity index (χ4v) is 9.83. The molecule has 0 amide bonds. The van der Waals surface area contributed by atoms with Gasteiger partial charge in [-0.3, -0.25) is 13.7 Å². The molecule has 9 aromatic rings. The Labute approximate surface area is 405 Å². The number of hydrogen-bond donors (Lipinski definition) is 0. The van der Waals surface area contributed by atoms with E-state index < -0.39 is 0 Å². The average molecular weight is 897 g/mol. The molecule has 0 fully saturated rings. The number of fused-ring (bicyclic) bond motifs is 3. The van der Waals surface area contributed by atoms with Gasteiger partial charge in [-0.15, -0.1) is 0 Å². The molecule has 3 aromatic heterocycles. The summed E-state index contributed by atoms with van der Waals surface area (Å²) in [4.78, 5) is 5.02. The van der Waals surface area contributed by atoms with Gasteiger partial charge < -0.3 is 4.74 Å². The van der Waals surface area contributed by atoms with Gasteiger partial charge in [0.15, 0.2) is 0 Å². The number of aromatic nitrogens is 4. The highest BCUT2D eigenvalue weighted by atomic mass is 16.5. The largest absolute Gasteiger partial charge is 0.458 e. The van der Waals surface area contributed by atoms with E-state index in [0.29, 0.717) is 11.8 Å². The van der Waals surface area contributed by atoms with E-state index in [2.05, 4.69) is 256 Å². The minimum atomic E-state index is -0.225. The van der Waals surface area contributed by atoms with Crippen LogP contribution in [0.5, 0.6) is 11.5 Å². The van der Waals surface area contributed by atoms with Crippen molar-refractivity contribution in [2.24, 2.45) is 0 Å². The van der Waals surface area contributed by atoms with Crippen LogP contribution >= 0.6 is 0 Å². The first-order chi connectivity index (χ1) is 32.2. The molecule has 0 aliphatic rings.